The lowest BCUT2D eigenvalue weighted by Crippen LogP contribution is -2.13. The molecule has 1 aromatic carbocycles. The highest BCUT2D eigenvalue weighted by molar-refractivity contribution is 9.10. The Labute approximate surface area is 118 Å². The molecule has 0 amide bonds. The Morgan fingerprint density at radius 2 is 2.21 bits per heavy atom. The van der Waals surface area contributed by atoms with E-state index in [1.54, 1.807) is 16.9 Å². The molecule has 0 atom stereocenters. The van der Waals surface area contributed by atoms with Crippen LogP contribution in [0.4, 0.5) is 4.39 Å². The molecule has 1 heterocycles. The molecule has 102 valence electrons. The van der Waals surface area contributed by atoms with Crippen molar-refractivity contribution in [2.75, 3.05) is 6.61 Å². The van der Waals surface area contributed by atoms with Gasteiger partial charge in [0.1, 0.15) is 5.82 Å². The minimum Gasteiger partial charge on any atom is -0.394 e. The molecule has 1 aromatic heterocycles. The first kappa shape index (κ1) is 14.1. The molecule has 0 fully saturated rings. The molecule has 2 N–H and O–H groups in total. The Hall–Kier alpha value is -1.31. The fourth-order valence-corrected chi connectivity index (χ4v) is 2.02. The van der Waals surface area contributed by atoms with Crippen LogP contribution in [-0.4, -0.2) is 26.7 Å². The summed E-state index contributed by atoms with van der Waals surface area (Å²) in [7, 11) is 0. The van der Waals surface area contributed by atoms with Gasteiger partial charge in [0.05, 0.1) is 18.8 Å². The van der Waals surface area contributed by atoms with E-state index in [-0.39, 0.29) is 12.4 Å². The number of hydrogen-bond acceptors (Lipinski definition) is 4. The van der Waals surface area contributed by atoms with Gasteiger partial charge < -0.3 is 10.4 Å². The van der Waals surface area contributed by atoms with Crippen LogP contribution < -0.4 is 5.32 Å². The second-order valence-electron chi connectivity index (χ2n) is 4.04. The van der Waals surface area contributed by atoms with Crippen LogP contribution in [0, 0.1) is 5.82 Å². The molecule has 0 aliphatic heterocycles. The third kappa shape index (κ3) is 4.09. The van der Waals surface area contributed by atoms with E-state index in [4.69, 9.17) is 5.11 Å². The molecule has 19 heavy (non-hydrogen) atoms. The maximum Gasteiger partial charge on any atom is 0.123 e. The maximum absolute atomic E-state index is 13.1. The van der Waals surface area contributed by atoms with E-state index in [2.05, 4.69) is 31.6 Å². The van der Waals surface area contributed by atoms with Crippen LogP contribution in [0.1, 0.15) is 11.3 Å². The fraction of sp³-hybridized carbons (Fsp3) is 0.333. The molecular weight excluding hydrogens is 315 g/mol. The van der Waals surface area contributed by atoms with Crippen molar-refractivity contribution >= 4 is 15.9 Å². The van der Waals surface area contributed by atoms with Crippen molar-refractivity contribution in [3.05, 3.63) is 45.9 Å². The molecule has 2 aromatic rings. The Balaban J connectivity index is 1.87. The number of aromatic nitrogens is 3. The summed E-state index contributed by atoms with van der Waals surface area (Å²) in [5.74, 6) is -0.256. The van der Waals surface area contributed by atoms with Gasteiger partial charge in [-0.15, -0.1) is 5.10 Å². The average Bonchev–Trinajstić information content (AvgIpc) is 2.82. The summed E-state index contributed by atoms with van der Waals surface area (Å²) in [6.45, 7) is 1.54. The average molecular weight is 329 g/mol. The van der Waals surface area contributed by atoms with Crippen molar-refractivity contribution in [3.8, 4) is 0 Å². The van der Waals surface area contributed by atoms with Crippen molar-refractivity contribution in [2.45, 2.75) is 19.6 Å². The zero-order valence-corrected chi connectivity index (χ0v) is 11.8. The summed E-state index contributed by atoms with van der Waals surface area (Å²) in [4.78, 5) is 0. The van der Waals surface area contributed by atoms with Crippen molar-refractivity contribution < 1.29 is 9.50 Å². The number of aliphatic hydroxyl groups excluding tert-OH is 1. The van der Waals surface area contributed by atoms with Gasteiger partial charge in [-0.3, -0.25) is 0 Å². The highest BCUT2D eigenvalue weighted by Gasteiger charge is 2.03. The first-order valence-electron chi connectivity index (χ1n) is 5.83. The predicted octanol–water partition coefficient (Wildman–Crippen LogP) is 1.46. The molecule has 0 saturated heterocycles. The molecule has 0 aliphatic rings. The van der Waals surface area contributed by atoms with Crippen LogP contribution in [0.15, 0.2) is 28.9 Å². The van der Waals surface area contributed by atoms with Gasteiger partial charge >= 0.3 is 0 Å². The topological polar surface area (TPSA) is 63.0 Å². The summed E-state index contributed by atoms with van der Waals surface area (Å²) in [6.07, 6.45) is 1.77. The zero-order valence-electron chi connectivity index (χ0n) is 10.2. The lowest BCUT2D eigenvalue weighted by molar-refractivity contribution is 0.268. The third-order valence-corrected chi connectivity index (χ3v) is 3.32. The zero-order chi connectivity index (χ0) is 13.7. The molecule has 0 aliphatic carbocycles. The van der Waals surface area contributed by atoms with E-state index in [1.807, 2.05) is 0 Å². The number of nitrogens with zero attached hydrogens (tertiary/aromatic N) is 3. The molecule has 0 saturated carbocycles. The van der Waals surface area contributed by atoms with Gasteiger partial charge in [-0.1, -0.05) is 21.1 Å². The molecular formula is C12H14BrFN4O. The van der Waals surface area contributed by atoms with E-state index in [0.717, 1.165) is 15.7 Å². The van der Waals surface area contributed by atoms with Crippen LogP contribution >= 0.6 is 15.9 Å². The number of rotatable bonds is 6. The SMILES string of the molecule is OCCn1cc(CNCc2cc(F)ccc2Br)nn1. The molecule has 5 nitrogen and oxygen atoms in total. The second kappa shape index (κ2) is 6.74. The Bertz CT molecular complexity index is 546. The Morgan fingerprint density at radius 3 is 3.00 bits per heavy atom. The van der Waals surface area contributed by atoms with Crippen LogP contribution in [-0.2, 0) is 19.6 Å². The molecule has 0 unspecified atom stereocenters. The molecule has 2 rings (SSSR count). The quantitative estimate of drug-likeness (QED) is 0.842. The first-order chi connectivity index (χ1) is 9.19. The minimum absolute atomic E-state index is 0.0342. The lowest BCUT2D eigenvalue weighted by Gasteiger charge is -2.05. The van der Waals surface area contributed by atoms with Crippen molar-refractivity contribution in [3.63, 3.8) is 0 Å². The summed E-state index contributed by atoms with van der Waals surface area (Å²) < 4.78 is 15.5. The van der Waals surface area contributed by atoms with Gasteiger partial charge in [-0.05, 0) is 23.8 Å². The third-order valence-electron chi connectivity index (χ3n) is 2.54. The largest absolute Gasteiger partial charge is 0.394 e. The molecule has 0 spiro atoms. The Morgan fingerprint density at radius 1 is 1.37 bits per heavy atom. The number of aliphatic hydroxyl groups is 1. The van der Waals surface area contributed by atoms with Gasteiger partial charge in [0.15, 0.2) is 0 Å². The van der Waals surface area contributed by atoms with E-state index in [9.17, 15) is 4.39 Å². The summed E-state index contributed by atoms with van der Waals surface area (Å²) in [5.41, 5.74) is 1.63. The van der Waals surface area contributed by atoms with Crippen LogP contribution in [0.2, 0.25) is 0 Å². The number of halogens is 2. The molecule has 0 radical (unpaired) electrons. The number of benzene rings is 1. The van der Waals surface area contributed by atoms with E-state index >= 15 is 0 Å². The van der Waals surface area contributed by atoms with Crippen LogP contribution in [0.3, 0.4) is 0 Å². The van der Waals surface area contributed by atoms with Crippen molar-refractivity contribution in [1.82, 2.24) is 20.3 Å². The van der Waals surface area contributed by atoms with E-state index < -0.39 is 0 Å². The van der Waals surface area contributed by atoms with Gasteiger partial charge in [-0.25, -0.2) is 9.07 Å². The second-order valence-corrected chi connectivity index (χ2v) is 4.89. The van der Waals surface area contributed by atoms with Gasteiger partial charge in [0.2, 0.25) is 0 Å². The number of hydrogen-bond donors (Lipinski definition) is 2. The number of nitrogens with one attached hydrogen (secondary N) is 1. The van der Waals surface area contributed by atoms with Crippen LogP contribution in [0.5, 0.6) is 0 Å². The molecule has 7 heteroatoms. The fourth-order valence-electron chi connectivity index (χ4n) is 1.64. The monoisotopic (exact) mass is 328 g/mol. The van der Waals surface area contributed by atoms with Crippen molar-refractivity contribution in [1.29, 1.82) is 0 Å². The maximum atomic E-state index is 13.1. The lowest BCUT2D eigenvalue weighted by atomic mass is 10.2. The van der Waals surface area contributed by atoms with Gasteiger partial charge in [0.25, 0.3) is 0 Å². The molecule has 0 bridgehead atoms. The van der Waals surface area contributed by atoms with Crippen LogP contribution in [0.25, 0.3) is 0 Å². The minimum atomic E-state index is -0.256. The van der Waals surface area contributed by atoms with E-state index in [1.165, 1.54) is 12.1 Å². The standard InChI is InChI=1S/C12H14BrFN4O/c13-12-2-1-10(14)5-9(12)6-15-7-11-8-18(3-4-19)17-16-11/h1-2,5,8,15,19H,3-4,6-7H2. The predicted molar refractivity (Wildman–Crippen MR) is 71.8 cm³/mol. The summed E-state index contributed by atoms with van der Waals surface area (Å²) in [6, 6.07) is 4.58. The summed E-state index contributed by atoms with van der Waals surface area (Å²) >= 11 is 3.37. The van der Waals surface area contributed by atoms with E-state index in [0.29, 0.717) is 19.6 Å². The first-order valence-corrected chi connectivity index (χ1v) is 6.63. The normalized spacial score (nSPS) is 10.9. The smallest absolute Gasteiger partial charge is 0.123 e. The highest BCUT2D eigenvalue weighted by atomic mass is 79.9. The summed E-state index contributed by atoms with van der Waals surface area (Å²) in [5, 5.41) is 19.8. The Kier molecular flexibility index (Phi) is 5.00. The van der Waals surface area contributed by atoms with Gasteiger partial charge in [0, 0.05) is 23.8 Å². The van der Waals surface area contributed by atoms with Gasteiger partial charge in [-0.2, -0.15) is 0 Å². The highest BCUT2D eigenvalue weighted by Crippen LogP contribution is 2.17. The van der Waals surface area contributed by atoms with Crippen molar-refractivity contribution in [2.24, 2.45) is 0 Å².